The number of aromatic nitrogens is 1. The Morgan fingerprint density at radius 2 is 2.04 bits per heavy atom. The summed E-state index contributed by atoms with van der Waals surface area (Å²) in [6, 6.07) is 14.2. The van der Waals surface area contributed by atoms with Gasteiger partial charge in [0.1, 0.15) is 0 Å². The number of rotatable bonds is 4. The Labute approximate surface area is 150 Å². The van der Waals surface area contributed by atoms with Gasteiger partial charge in [0.05, 0.1) is 17.7 Å². The molecule has 3 rings (SSSR count). The van der Waals surface area contributed by atoms with Crippen molar-refractivity contribution in [3.63, 3.8) is 0 Å². The number of carbonyl (C=O) groups is 1. The summed E-state index contributed by atoms with van der Waals surface area (Å²) in [4.78, 5) is 18.4. The number of carboxylic acid groups (broad SMARTS) is 1. The van der Waals surface area contributed by atoms with E-state index in [0.29, 0.717) is 6.54 Å². The number of benzene rings is 1. The van der Waals surface area contributed by atoms with Crippen molar-refractivity contribution in [2.24, 2.45) is 5.92 Å². The minimum Gasteiger partial charge on any atom is -0.481 e. The predicted molar refractivity (Wildman–Crippen MR) is 96.9 cm³/mol. The molecule has 0 spiro atoms. The topological polar surface area (TPSA) is 53.4 Å². The van der Waals surface area contributed by atoms with Crippen LogP contribution in [0.2, 0.25) is 0 Å². The molecule has 1 fully saturated rings. The van der Waals surface area contributed by atoms with Crippen LogP contribution in [0.5, 0.6) is 0 Å². The molecule has 2 unspecified atom stereocenters. The van der Waals surface area contributed by atoms with Gasteiger partial charge in [-0.3, -0.25) is 14.7 Å². The van der Waals surface area contributed by atoms with Crippen molar-refractivity contribution in [2.45, 2.75) is 25.8 Å². The minimum atomic E-state index is -0.702. The lowest BCUT2D eigenvalue weighted by atomic mass is 9.93. The molecule has 0 saturated carbocycles. The SMILES string of the molecule is Cc1cccc(C(c2ccc(Br)cc2)N2CCCC(C(=O)O)C2)n1. The van der Waals surface area contributed by atoms with E-state index >= 15 is 0 Å². The average molecular weight is 389 g/mol. The van der Waals surface area contributed by atoms with E-state index in [1.54, 1.807) is 0 Å². The van der Waals surface area contributed by atoms with Crippen molar-refractivity contribution in [1.82, 2.24) is 9.88 Å². The fraction of sp³-hybridized carbons (Fsp3) is 0.368. The number of aliphatic carboxylic acids is 1. The maximum absolute atomic E-state index is 11.4. The first-order chi connectivity index (χ1) is 11.5. The molecule has 1 aromatic heterocycles. The molecule has 0 aliphatic carbocycles. The standard InChI is InChI=1S/C19H21BrN2O2/c1-13-4-2-6-17(21-13)18(14-7-9-16(20)10-8-14)22-11-3-5-15(12-22)19(23)24/h2,4,6-10,15,18H,3,5,11-12H2,1H3,(H,23,24). The molecule has 24 heavy (non-hydrogen) atoms. The summed E-state index contributed by atoms with van der Waals surface area (Å²) in [6.07, 6.45) is 1.65. The van der Waals surface area contributed by atoms with E-state index in [9.17, 15) is 9.90 Å². The molecular weight excluding hydrogens is 368 g/mol. The fourth-order valence-corrected chi connectivity index (χ4v) is 3.64. The van der Waals surface area contributed by atoms with Crippen molar-refractivity contribution in [1.29, 1.82) is 0 Å². The van der Waals surface area contributed by atoms with Gasteiger partial charge in [-0.25, -0.2) is 0 Å². The molecule has 2 aromatic rings. The highest BCUT2D eigenvalue weighted by atomic mass is 79.9. The minimum absolute atomic E-state index is 0.0138. The van der Waals surface area contributed by atoms with Crippen LogP contribution < -0.4 is 0 Å². The van der Waals surface area contributed by atoms with Gasteiger partial charge in [-0.05, 0) is 56.1 Å². The van der Waals surface area contributed by atoms with Gasteiger partial charge in [-0.15, -0.1) is 0 Å². The second kappa shape index (κ2) is 7.45. The number of halogens is 1. The quantitative estimate of drug-likeness (QED) is 0.858. The molecule has 5 heteroatoms. The van der Waals surface area contributed by atoms with Crippen molar-refractivity contribution in [2.75, 3.05) is 13.1 Å². The van der Waals surface area contributed by atoms with Crippen molar-refractivity contribution >= 4 is 21.9 Å². The summed E-state index contributed by atoms with van der Waals surface area (Å²) >= 11 is 3.48. The Morgan fingerprint density at radius 1 is 1.29 bits per heavy atom. The summed E-state index contributed by atoms with van der Waals surface area (Å²) in [5.41, 5.74) is 3.09. The number of piperidine rings is 1. The smallest absolute Gasteiger partial charge is 0.307 e. The first kappa shape index (κ1) is 17.1. The number of pyridine rings is 1. The largest absolute Gasteiger partial charge is 0.481 e. The van der Waals surface area contributed by atoms with Gasteiger partial charge in [0.2, 0.25) is 0 Å². The summed E-state index contributed by atoms with van der Waals surface area (Å²) < 4.78 is 1.03. The van der Waals surface area contributed by atoms with Gasteiger partial charge in [-0.1, -0.05) is 34.1 Å². The van der Waals surface area contributed by atoms with Crippen LogP contribution >= 0.6 is 15.9 Å². The van der Waals surface area contributed by atoms with Crippen LogP contribution in [0.25, 0.3) is 0 Å². The second-order valence-corrected chi connectivity index (χ2v) is 7.25. The first-order valence-corrected chi connectivity index (χ1v) is 9.00. The van der Waals surface area contributed by atoms with E-state index in [1.165, 1.54) is 0 Å². The lowest BCUT2D eigenvalue weighted by Crippen LogP contribution is -2.41. The van der Waals surface area contributed by atoms with Gasteiger partial charge in [0.25, 0.3) is 0 Å². The van der Waals surface area contributed by atoms with Crippen molar-refractivity contribution < 1.29 is 9.90 Å². The average Bonchev–Trinajstić information content (AvgIpc) is 2.57. The van der Waals surface area contributed by atoms with Crippen LogP contribution in [0.15, 0.2) is 46.9 Å². The van der Waals surface area contributed by atoms with E-state index in [2.05, 4.69) is 33.0 Å². The monoisotopic (exact) mass is 388 g/mol. The van der Waals surface area contributed by atoms with Gasteiger partial charge in [-0.2, -0.15) is 0 Å². The van der Waals surface area contributed by atoms with Gasteiger partial charge in [0, 0.05) is 16.7 Å². The zero-order valence-electron chi connectivity index (χ0n) is 13.7. The first-order valence-electron chi connectivity index (χ1n) is 8.20. The molecule has 1 N–H and O–H groups in total. The third-order valence-electron chi connectivity index (χ3n) is 4.54. The number of nitrogens with zero attached hydrogens (tertiary/aromatic N) is 2. The lowest BCUT2D eigenvalue weighted by Gasteiger charge is -2.37. The molecule has 1 aliphatic rings. The maximum atomic E-state index is 11.4. The summed E-state index contributed by atoms with van der Waals surface area (Å²) in [6.45, 7) is 3.43. The van der Waals surface area contributed by atoms with E-state index < -0.39 is 5.97 Å². The number of hydrogen-bond acceptors (Lipinski definition) is 3. The predicted octanol–water partition coefficient (Wildman–Crippen LogP) is 4.04. The normalized spacial score (nSPS) is 19.8. The van der Waals surface area contributed by atoms with Gasteiger partial charge < -0.3 is 5.11 Å². The Bertz CT molecular complexity index is 718. The fourth-order valence-electron chi connectivity index (χ4n) is 3.37. The lowest BCUT2D eigenvalue weighted by molar-refractivity contribution is -0.143. The van der Waals surface area contributed by atoms with E-state index in [-0.39, 0.29) is 12.0 Å². The van der Waals surface area contributed by atoms with Gasteiger partial charge in [0.15, 0.2) is 0 Å². The molecule has 1 aromatic carbocycles. The van der Waals surface area contributed by atoms with Crippen molar-refractivity contribution in [3.05, 3.63) is 63.9 Å². The number of hydrogen-bond donors (Lipinski definition) is 1. The molecule has 1 saturated heterocycles. The summed E-state index contributed by atoms with van der Waals surface area (Å²) in [5.74, 6) is -1.01. The zero-order chi connectivity index (χ0) is 17.1. The molecule has 0 radical (unpaired) electrons. The van der Waals surface area contributed by atoms with Crippen LogP contribution in [0.3, 0.4) is 0 Å². The summed E-state index contributed by atoms with van der Waals surface area (Å²) in [5, 5.41) is 9.41. The highest BCUT2D eigenvalue weighted by Gasteiger charge is 2.31. The van der Waals surface area contributed by atoms with Crippen LogP contribution in [0, 0.1) is 12.8 Å². The highest BCUT2D eigenvalue weighted by molar-refractivity contribution is 9.10. The third kappa shape index (κ3) is 3.84. The molecule has 1 aliphatic heterocycles. The van der Waals surface area contributed by atoms with E-state index in [0.717, 1.165) is 40.8 Å². The Morgan fingerprint density at radius 3 is 2.71 bits per heavy atom. The van der Waals surface area contributed by atoms with Crippen LogP contribution in [-0.4, -0.2) is 34.0 Å². The molecule has 2 atom stereocenters. The van der Waals surface area contributed by atoms with Crippen LogP contribution in [0.4, 0.5) is 0 Å². The molecule has 0 amide bonds. The molecule has 2 heterocycles. The number of carboxylic acids is 1. The van der Waals surface area contributed by atoms with Crippen LogP contribution in [0.1, 0.15) is 35.8 Å². The Balaban J connectivity index is 1.98. The molecule has 4 nitrogen and oxygen atoms in total. The molecule has 126 valence electrons. The van der Waals surface area contributed by atoms with E-state index in [1.807, 2.05) is 37.3 Å². The van der Waals surface area contributed by atoms with Crippen LogP contribution in [-0.2, 0) is 4.79 Å². The Kier molecular flexibility index (Phi) is 5.31. The summed E-state index contributed by atoms with van der Waals surface area (Å²) in [7, 11) is 0. The van der Waals surface area contributed by atoms with E-state index in [4.69, 9.17) is 4.98 Å². The number of aryl methyl sites for hydroxylation is 1. The highest BCUT2D eigenvalue weighted by Crippen LogP contribution is 2.32. The Hall–Kier alpha value is -1.72. The third-order valence-corrected chi connectivity index (χ3v) is 5.07. The molecular formula is C19H21BrN2O2. The number of likely N-dealkylation sites (tertiary alicyclic amines) is 1. The van der Waals surface area contributed by atoms with Gasteiger partial charge >= 0.3 is 5.97 Å². The second-order valence-electron chi connectivity index (χ2n) is 6.33. The molecule has 0 bridgehead atoms. The van der Waals surface area contributed by atoms with Crippen molar-refractivity contribution in [3.8, 4) is 0 Å². The maximum Gasteiger partial charge on any atom is 0.307 e. The zero-order valence-corrected chi connectivity index (χ0v) is 15.2.